The first-order valence-corrected chi connectivity index (χ1v) is 10.1. The zero-order chi connectivity index (χ0) is 14.8. The highest BCUT2D eigenvalue weighted by Crippen LogP contribution is 2.30. The van der Waals surface area contributed by atoms with Crippen LogP contribution in [0.4, 0.5) is 0 Å². The van der Waals surface area contributed by atoms with Gasteiger partial charge in [0.15, 0.2) is 0 Å². The summed E-state index contributed by atoms with van der Waals surface area (Å²) in [6.45, 7) is 0.327. The number of benzene rings is 1. The first-order chi connectivity index (χ1) is 9.46. The summed E-state index contributed by atoms with van der Waals surface area (Å²) >= 11 is 5.11. The monoisotopic (exact) mass is 378 g/mol. The fourth-order valence-electron chi connectivity index (χ4n) is 2.42. The summed E-state index contributed by atoms with van der Waals surface area (Å²) in [7, 11) is -3.50. The van der Waals surface area contributed by atoms with Crippen LogP contribution in [0.2, 0.25) is 0 Å². The third-order valence-electron chi connectivity index (χ3n) is 3.56. The van der Waals surface area contributed by atoms with Gasteiger partial charge in [0.1, 0.15) is 0 Å². The fourth-order valence-corrected chi connectivity index (χ4v) is 5.52. The minimum atomic E-state index is -3.50. The number of thioether (sulfide) groups is 1. The Labute approximate surface area is 133 Å². The van der Waals surface area contributed by atoms with Crippen molar-refractivity contribution in [2.75, 3.05) is 6.26 Å². The van der Waals surface area contributed by atoms with Crippen LogP contribution in [-0.4, -0.2) is 26.0 Å². The molecule has 0 amide bonds. The van der Waals surface area contributed by atoms with Gasteiger partial charge < -0.3 is 5.73 Å². The van der Waals surface area contributed by atoms with Crippen molar-refractivity contribution in [2.45, 2.75) is 42.0 Å². The molecule has 2 unspecified atom stereocenters. The number of rotatable bonds is 5. The first kappa shape index (κ1) is 16.3. The Morgan fingerprint density at radius 1 is 1.45 bits per heavy atom. The van der Waals surface area contributed by atoms with Gasteiger partial charge in [0.2, 0.25) is 10.0 Å². The molecule has 2 atom stereocenters. The summed E-state index contributed by atoms with van der Waals surface area (Å²) in [5, 5.41) is 0.557. The van der Waals surface area contributed by atoms with Gasteiger partial charge in [-0.1, -0.05) is 6.07 Å². The van der Waals surface area contributed by atoms with Crippen molar-refractivity contribution < 1.29 is 8.42 Å². The topological polar surface area (TPSA) is 72.2 Å². The highest BCUT2D eigenvalue weighted by Gasteiger charge is 2.29. The normalized spacial score (nSPS) is 23.1. The summed E-state index contributed by atoms with van der Waals surface area (Å²) in [5.74, 6) is 0. The van der Waals surface area contributed by atoms with E-state index in [-0.39, 0.29) is 10.9 Å². The lowest BCUT2D eigenvalue weighted by molar-refractivity contribution is 0.552. The molecule has 1 aromatic rings. The number of sulfonamides is 1. The molecule has 4 nitrogen and oxygen atoms in total. The molecule has 112 valence electrons. The molecule has 0 saturated heterocycles. The van der Waals surface area contributed by atoms with E-state index in [4.69, 9.17) is 5.73 Å². The van der Waals surface area contributed by atoms with E-state index in [0.717, 1.165) is 24.8 Å². The van der Waals surface area contributed by atoms with E-state index in [1.54, 1.807) is 23.9 Å². The van der Waals surface area contributed by atoms with Crippen molar-refractivity contribution in [1.82, 2.24) is 4.72 Å². The van der Waals surface area contributed by atoms with E-state index in [2.05, 4.69) is 26.9 Å². The minimum Gasteiger partial charge on any atom is -0.326 e. The number of hydrogen-bond donors (Lipinski definition) is 2. The van der Waals surface area contributed by atoms with Crippen LogP contribution in [0.3, 0.4) is 0 Å². The van der Waals surface area contributed by atoms with Crippen molar-refractivity contribution in [3.8, 4) is 0 Å². The van der Waals surface area contributed by atoms with Gasteiger partial charge in [0, 0.05) is 22.3 Å². The summed E-state index contributed by atoms with van der Waals surface area (Å²) in [6.07, 6.45) is 4.94. The fraction of sp³-hybridized carbons (Fsp3) is 0.538. The number of nitrogens with two attached hydrogens (primary N) is 1. The molecule has 0 aromatic heterocycles. The zero-order valence-corrected chi connectivity index (χ0v) is 14.5. The SMILES string of the molecule is CSC1CCC(NS(=O)(=O)c2cc(CN)ccc2Br)C1. The molecular weight excluding hydrogens is 360 g/mol. The summed E-state index contributed by atoms with van der Waals surface area (Å²) < 4.78 is 28.4. The lowest BCUT2D eigenvalue weighted by atomic mass is 10.2. The van der Waals surface area contributed by atoms with Crippen LogP contribution in [-0.2, 0) is 16.6 Å². The summed E-state index contributed by atoms with van der Waals surface area (Å²) in [4.78, 5) is 0.271. The van der Waals surface area contributed by atoms with Crippen LogP contribution in [0.1, 0.15) is 24.8 Å². The molecule has 0 radical (unpaired) electrons. The number of halogens is 1. The number of nitrogens with one attached hydrogen (secondary N) is 1. The molecule has 3 N–H and O–H groups in total. The maximum Gasteiger partial charge on any atom is 0.241 e. The van der Waals surface area contributed by atoms with Crippen molar-refractivity contribution in [2.24, 2.45) is 5.73 Å². The molecule has 0 aliphatic heterocycles. The average Bonchev–Trinajstić information content (AvgIpc) is 2.86. The van der Waals surface area contributed by atoms with E-state index in [1.807, 2.05) is 6.07 Å². The number of hydrogen-bond acceptors (Lipinski definition) is 4. The highest BCUT2D eigenvalue weighted by atomic mass is 79.9. The van der Waals surface area contributed by atoms with Crippen LogP contribution in [0, 0.1) is 0 Å². The molecular formula is C13H19BrN2O2S2. The maximum absolute atomic E-state index is 12.5. The van der Waals surface area contributed by atoms with Crippen LogP contribution in [0.15, 0.2) is 27.6 Å². The molecule has 20 heavy (non-hydrogen) atoms. The molecule has 0 bridgehead atoms. The van der Waals surface area contributed by atoms with E-state index >= 15 is 0 Å². The molecule has 0 heterocycles. The Bertz CT molecular complexity index is 578. The minimum absolute atomic E-state index is 0.0332. The Kier molecular flexibility index (Phi) is 5.53. The van der Waals surface area contributed by atoms with Crippen molar-refractivity contribution in [1.29, 1.82) is 0 Å². The van der Waals surface area contributed by atoms with E-state index in [9.17, 15) is 8.42 Å². The highest BCUT2D eigenvalue weighted by molar-refractivity contribution is 9.10. The largest absolute Gasteiger partial charge is 0.326 e. The van der Waals surface area contributed by atoms with Gasteiger partial charge in [-0.2, -0.15) is 11.8 Å². The molecule has 7 heteroatoms. The Balaban J connectivity index is 2.18. The third-order valence-corrected chi connectivity index (χ3v) is 7.17. The molecule has 0 spiro atoms. The van der Waals surface area contributed by atoms with Crippen molar-refractivity contribution >= 4 is 37.7 Å². The zero-order valence-electron chi connectivity index (χ0n) is 11.3. The van der Waals surface area contributed by atoms with Gasteiger partial charge in [-0.25, -0.2) is 13.1 Å². The quantitative estimate of drug-likeness (QED) is 0.825. The van der Waals surface area contributed by atoms with Crippen LogP contribution in [0.5, 0.6) is 0 Å². The van der Waals surface area contributed by atoms with Crippen LogP contribution < -0.4 is 10.5 Å². The van der Waals surface area contributed by atoms with Gasteiger partial charge in [-0.15, -0.1) is 0 Å². The first-order valence-electron chi connectivity index (χ1n) is 6.50. The Morgan fingerprint density at radius 3 is 2.80 bits per heavy atom. The molecule has 1 aromatic carbocycles. The lowest BCUT2D eigenvalue weighted by Gasteiger charge is -2.15. The second kappa shape index (κ2) is 6.79. The van der Waals surface area contributed by atoms with Crippen molar-refractivity contribution in [3.05, 3.63) is 28.2 Å². The standard InChI is InChI=1S/C13H19BrN2O2S2/c1-19-11-4-3-10(7-11)16-20(17,18)13-6-9(8-15)2-5-12(13)14/h2,5-6,10-11,16H,3-4,7-8,15H2,1H3. The average molecular weight is 379 g/mol. The van der Waals surface area contributed by atoms with Gasteiger partial charge in [0.05, 0.1) is 4.90 Å². The van der Waals surface area contributed by atoms with E-state index in [0.29, 0.717) is 16.3 Å². The predicted octanol–water partition coefficient (Wildman–Crippen LogP) is 2.47. The van der Waals surface area contributed by atoms with E-state index < -0.39 is 10.0 Å². The van der Waals surface area contributed by atoms with Gasteiger partial charge in [0.25, 0.3) is 0 Å². The summed E-state index contributed by atoms with van der Waals surface area (Å²) in [6, 6.07) is 5.22. The smallest absolute Gasteiger partial charge is 0.241 e. The molecule has 1 saturated carbocycles. The van der Waals surface area contributed by atoms with Crippen molar-refractivity contribution in [3.63, 3.8) is 0 Å². The van der Waals surface area contributed by atoms with Gasteiger partial charge in [-0.05, 0) is 59.1 Å². The van der Waals surface area contributed by atoms with Crippen LogP contribution in [0.25, 0.3) is 0 Å². The predicted molar refractivity (Wildman–Crippen MR) is 87.3 cm³/mol. The van der Waals surface area contributed by atoms with Gasteiger partial charge in [-0.3, -0.25) is 0 Å². The molecule has 1 fully saturated rings. The van der Waals surface area contributed by atoms with Gasteiger partial charge >= 0.3 is 0 Å². The second-order valence-electron chi connectivity index (χ2n) is 4.96. The Morgan fingerprint density at radius 2 is 2.20 bits per heavy atom. The Hall–Kier alpha value is -0.0800. The second-order valence-corrected chi connectivity index (χ2v) is 8.63. The molecule has 1 aliphatic rings. The van der Waals surface area contributed by atoms with Crippen LogP contribution >= 0.6 is 27.7 Å². The molecule has 2 rings (SSSR count). The summed E-state index contributed by atoms with van der Waals surface area (Å²) in [5.41, 5.74) is 6.39. The molecule has 1 aliphatic carbocycles. The lowest BCUT2D eigenvalue weighted by Crippen LogP contribution is -2.33. The third kappa shape index (κ3) is 3.76. The maximum atomic E-state index is 12.5. The van der Waals surface area contributed by atoms with E-state index in [1.165, 1.54) is 0 Å².